The predicted octanol–water partition coefficient (Wildman–Crippen LogP) is 5.76. The molecule has 206 valence electrons. The van der Waals surface area contributed by atoms with E-state index in [1.807, 2.05) is 42.5 Å². The molecule has 0 atom stereocenters. The monoisotopic (exact) mass is 549 g/mol. The highest BCUT2D eigenvalue weighted by Gasteiger charge is 2.27. The van der Waals surface area contributed by atoms with Gasteiger partial charge in [-0.3, -0.25) is 10.2 Å². The van der Waals surface area contributed by atoms with Crippen molar-refractivity contribution in [1.82, 2.24) is 5.32 Å². The normalized spacial score (nSPS) is 16.4. The van der Waals surface area contributed by atoms with E-state index in [0.717, 1.165) is 49.7 Å². The number of halogens is 1. The molecule has 4 rings (SSSR count). The van der Waals surface area contributed by atoms with Gasteiger partial charge in [-0.2, -0.15) is 0 Å². The summed E-state index contributed by atoms with van der Waals surface area (Å²) in [6, 6.07) is 24.9. The van der Waals surface area contributed by atoms with Crippen LogP contribution < -0.4 is 15.8 Å². The number of nitrogens with one attached hydrogen (secondary N) is 2. The highest BCUT2D eigenvalue weighted by Crippen LogP contribution is 2.30. The molecule has 3 aromatic carbocycles. The van der Waals surface area contributed by atoms with Gasteiger partial charge >= 0.3 is 11.9 Å². The summed E-state index contributed by atoms with van der Waals surface area (Å²) >= 11 is 0. The maximum Gasteiger partial charge on any atom is 0.338 e. The first-order valence-corrected chi connectivity index (χ1v) is 13.2. The third-order valence-electron chi connectivity index (χ3n) is 6.97. The molecular formula is C31H36ClN3O4. The minimum absolute atomic E-state index is 0. The average Bonchev–Trinajstić information content (AvgIpc) is 2.95. The van der Waals surface area contributed by atoms with E-state index >= 15 is 0 Å². The zero-order valence-electron chi connectivity index (χ0n) is 21.9. The fourth-order valence-corrected chi connectivity index (χ4v) is 4.74. The molecule has 0 heterocycles. The average molecular weight is 550 g/mol. The van der Waals surface area contributed by atoms with Crippen LogP contribution in [-0.4, -0.2) is 31.0 Å². The van der Waals surface area contributed by atoms with Crippen molar-refractivity contribution in [2.24, 2.45) is 17.6 Å². The van der Waals surface area contributed by atoms with E-state index < -0.39 is 0 Å². The highest BCUT2D eigenvalue weighted by molar-refractivity contribution is 5.90. The number of benzene rings is 3. The summed E-state index contributed by atoms with van der Waals surface area (Å²) < 4.78 is 11.1. The van der Waals surface area contributed by atoms with Gasteiger partial charge in [0.25, 0.3) is 0 Å². The second kappa shape index (κ2) is 14.9. The third-order valence-corrected chi connectivity index (χ3v) is 6.97. The van der Waals surface area contributed by atoms with Crippen molar-refractivity contribution in [2.75, 3.05) is 13.2 Å². The molecule has 39 heavy (non-hydrogen) atoms. The summed E-state index contributed by atoms with van der Waals surface area (Å²) in [5.41, 5.74) is 9.03. The molecule has 0 radical (unpaired) electrons. The molecule has 7 nitrogen and oxygen atoms in total. The van der Waals surface area contributed by atoms with Crippen LogP contribution >= 0.6 is 12.4 Å². The molecule has 0 amide bonds. The summed E-state index contributed by atoms with van der Waals surface area (Å²) in [6.45, 7) is 1.06. The first kappa shape index (κ1) is 29.7. The van der Waals surface area contributed by atoms with Crippen LogP contribution in [0.3, 0.4) is 0 Å². The van der Waals surface area contributed by atoms with E-state index in [2.05, 4.69) is 17.4 Å². The molecule has 8 heteroatoms. The summed E-state index contributed by atoms with van der Waals surface area (Å²) in [7, 11) is 0. The number of ether oxygens (including phenoxy) is 2. The number of aryl methyl sites for hydroxylation is 1. The zero-order chi connectivity index (χ0) is 26.7. The summed E-state index contributed by atoms with van der Waals surface area (Å²) in [6.07, 6.45) is 5.04. The van der Waals surface area contributed by atoms with Crippen LogP contribution in [0.5, 0.6) is 5.75 Å². The standard InChI is InChI=1S/C31H35N3O4.ClH/c32-31(33)34-21-23-8-10-27(11-9-23)30(36)38-28-18-16-25(17-19-28)24-12-14-26(15-13-24)29(35)37-20-4-7-22-5-2-1-3-6-22;/h1-3,5-6,12-19,23,27H,4,7-11,20-21H2,(H4,32,33,34);1H/t23-,27-;. The van der Waals surface area contributed by atoms with Crippen molar-refractivity contribution >= 4 is 30.3 Å². The van der Waals surface area contributed by atoms with E-state index in [0.29, 0.717) is 30.4 Å². The first-order chi connectivity index (χ1) is 18.5. The van der Waals surface area contributed by atoms with Gasteiger partial charge in [-0.25, -0.2) is 4.79 Å². The Balaban J connectivity index is 0.00000420. The molecule has 0 unspecified atom stereocenters. The Kier molecular flexibility index (Phi) is 11.4. The number of carbonyl (C=O) groups excluding carboxylic acids is 2. The minimum atomic E-state index is -0.323. The number of rotatable bonds is 10. The molecule has 1 saturated carbocycles. The summed E-state index contributed by atoms with van der Waals surface area (Å²) in [5, 5.41) is 10.1. The molecule has 0 aliphatic heterocycles. The van der Waals surface area contributed by atoms with Crippen LogP contribution in [-0.2, 0) is 16.0 Å². The lowest BCUT2D eigenvalue weighted by atomic mass is 9.82. The fourth-order valence-electron chi connectivity index (χ4n) is 4.74. The van der Waals surface area contributed by atoms with Gasteiger partial charge < -0.3 is 20.5 Å². The van der Waals surface area contributed by atoms with Crippen LogP contribution in [0.15, 0.2) is 78.9 Å². The molecule has 0 aromatic heterocycles. The van der Waals surface area contributed by atoms with Crippen molar-refractivity contribution in [3.05, 3.63) is 90.0 Å². The van der Waals surface area contributed by atoms with E-state index in [4.69, 9.17) is 20.6 Å². The first-order valence-electron chi connectivity index (χ1n) is 13.2. The lowest BCUT2D eigenvalue weighted by molar-refractivity contribution is -0.140. The topological polar surface area (TPSA) is 115 Å². The van der Waals surface area contributed by atoms with Gasteiger partial charge in [0.2, 0.25) is 0 Å². The van der Waals surface area contributed by atoms with Crippen molar-refractivity contribution < 1.29 is 19.1 Å². The van der Waals surface area contributed by atoms with E-state index in [-0.39, 0.29) is 36.2 Å². The zero-order valence-corrected chi connectivity index (χ0v) is 22.8. The second-order valence-corrected chi connectivity index (χ2v) is 9.76. The SMILES string of the molecule is Cl.N=C(N)NC[C@H]1CC[C@H](C(=O)Oc2ccc(-c3ccc(C(=O)OCCCc4ccccc4)cc3)cc2)CC1. The number of hydrogen-bond acceptors (Lipinski definition) is 5. The van der Waals surface area contributed by atoms with Gasteiger partial charge in [0, 0.05) is 6.54 Å². The lowest BCUT2D eigenvalue weighted by Gasteiger charge is -2.27. The number of hydrogen-bond donors (Lipinski definition) is 3. The number of esters is 2. The van der Waals surface area contributed by atoms with E-state index in [1.54, 1.807) is 24.3 Å². The Labute approximate surface area is 236 Å². The van der Waals surface area contributed by atoms with Gasteiger partial charge in [0.1, 0.15) is 5.75 Å². The molecule has 0 bridgehead atoms. The van der Waals surface area contributed by atoms with Gasteiger partial charge in [0.15, 0.2) is 5.96 Å². The Morgan fingerprint density at radius 2 is 1.49 bits per heavy atom. The van der Waals surface area contributed by atoms with Crippen molar-refractivity contribution in [3.8, 4) is 16.9 Å². The summed E-state index contributed by atoms with van der Waals surface area (Å²) in [4.78, 5) is 25.0. The molecule has 1 aliphatic carbocycles. The van der Waals surface area contributed by atoms with Crippen LogP contribution in [0, 0.1) is 17.2 Å². The quantitative estimate of drug-likeness (QED) is 0.0973. The molecular weight excluding hydrogens is 514 g/mol. The maximum absolute atomic E-state index is 12.6. The second-order valence-electron chi connectivity index (χ2n) is 9.76. The Hall–Kier alpha value is -3.84. The van der Waals surface area contributed by atoms with Gasteiger partial charge in [-0.1, -0.05) is 54.6 Å². The van der Waals surface area contributed by atoms with Gasteiger partial charge in [-0.05, 0) is 85.4 Å². The number of guanidine groups is 1. The molecule has 0 saturated heterocycles. The van der Waals surface area contributed by atoms with Crippen molar-refractivity contribution in [2.45, 2.75) is 38.5 Å². The molecule has 1 fully saturated rings. The minimum Gasteiger partial charge on any atom is -0.462 e. The van der Waals surface area contributed by atoms with E-state index in [9.17, 15) is 9.59 Å². The van der Waals surface area contributed by atoms with Gasteiger partial charge in [-0.15, -0.1) is 12.4 Å². The number of nitrogens with two attached hydrogens (primary N) is 1. The van der Waals surface area contributed by atoms with Crippen LogP contribution in [0.4, 0.5) is 0 Å². The largest absolute Gasteiger partial charge is 0.462 e. The summed E-state index contributed by atoms with van der Waals surface area (Å²) in [5.74, 6) is 0.316. The van der Waals surface area contributed by atoms with Crippen LogP contribution in [0.2, 0.25) is 0 Å². The number of carbonyl (C=O) groups is 2. The smallest absolute Gasteiger partial charge is 0.338 e. The Bertz CT molecular complexity index is 1210. The van der Waals surface area contributed by atoms with Crippen LogP contribution in [0.25, 0.3) is 11.1 Å². The lowest BCUT2D eigenvalue weighted by Crippen LogP contribution is -2.36. The maximum atomic E-state index is 12.6. The van der Waals surface area contributed by atoms with Gasteiger partial charge in [0.05, 0.1) is 18.1 Å². The third kappa shape index (κ3) is 9.14. The molecule has 3 aromatic rings. The fraction of sp³-hybridized carbons (Fsp3) is 0.323. The molecule has 0 spiro atoms. The van der Waals surface area contributed by atoms with E-state index in [1.165, 1.54) is 5.56 Å². The Morgan fingerprint density at radius 1 is 0.872 bits per heavy atom. The van der Waals surface area contributed by atoms with Crippen LogP contribution in [0.1, 0.15) is 48.0 Å². The molecule has 4 N–H and O–H groups in total. The molecule has 1 aliphatic rings. The van der Waals surface area contributed by atoms with Crippen molar-refractivity contribution in [1.29, 1.82) is 5.41 Å². The Morgan fingerprint density at radius 3 is 2.10 bits per heavy atom. The van der Waals surface area contributed by atoms with Crippen molar-refractivity contribution in [3.63, 3.8) is 0 Å². The highest BCUT2D eigenvalue weighted by atomic mass is 35.5. The predicted molar refractivity (Wildman–Crippen MR) is 155 cm³/mol.